The van der Waals surface area contributed by atoms with Crippen molar-refractivity contribution in [3.63, 3.8) is 0 Å². The Morgan fingerprint density at radius 2 is 2.00 bits per heavy atom. The normalized spacial score (nSPS) is 9.81. The lowest BCUT2D eigenvalue weighted by molar-refractivity contribution is -0.114. The minimum atomic E-state index is -0.0664. The smallest absolute Gasteiger partial charge is 0.221 e. The first-order valence-corrected chi connectivity index (χ1v) is 5.04. The Balaban J connectivity index is 2.33. The molecule has 1 amide bonds. The minimum absolute atomic E-state index is 0.0664. The zero-order chi connectivity index (χ0) is 11.4. The van der Waals surface area contributed by atoms with Crippen LogP contribution in [0.4, 0.5) is 5.69 Å². The molecule has 0 bridgehead atoms. The molecular formula is C13H12N2O. The van der Waals surface area contributed by atoms with Gasteiger partial charge in [0.15, 0.2) is 0 Å². The van der Waals surface area contributed by atoms with Gasteiger partial charge in [-0.2, -0.15) is 0 Å². The van der Waals surface area contributed by atoms with E-state index in [1.54, 1.807) is 12.4 Å². The number of pyridine rings is 1. The third-order valence-corrected chi connectivity index (χ3v) is 2.18. The van der Waals surface area contributed by atoms with Crippen LogP contribution < -0.4 is 5.32 Å². The van der Waals surface area contributed by atoms with E-state index in [2.05, 4.69) is 10.3 Å². The minimum Gasteiger partial charge on any atom is -0.326 e. The van der Waals surface area contributed by atoms with Crippen LogP contribution in [0.25, 0.3) is 11.1 Å². The Morgan fingerprint density at radius 1 is 1.19 bits per heavy atom. The number of carbonyl (C=O) groups excluding carboxylic acids is 1. The Bertz CT molecular complexity index is 494. The van der Waals surface area contributed by atoms with Crippen LogP contribution in [0.15, 0.2) is 48.8 Å². The lowest BCUT2D eigenvalue weighted by Gasteiger charge is -2.05. The summed E-state index contributed by atoms with van der Waals surface area (Å²) in [5.74, 6) is -0.0664. The van der Waals surface area contributed by atoms with E-state index in [0.717, 1.165) is 16.8 Å². The molecule has 1 aromatic carbocycles. The second-order valence-electron chi connectivity index (χ2n) is 3.50. The van der Waals surface area contributed by atoms with Gasteiger partial charge in [-0.15, -0.1) is 0 Å². The molecule has 0 aliphatic carbocycles. The van der Waals surface area contributed by atoms with Gasteiger partial charge in [0.05, 0.1) is 0 Å². The van der Waals surface area contributed by atoms with Crippen LogP contribution in [0.5, 0.6) is 0 Å². The van der Waals surface area contributed by atoms with E-state index in [1.807, 2.05) is 36.4 Å². The molecular weight excluding hydrogens is 200 g/mol. The molecule has 0 saturated carbocycles. The summed E-state index contributed by atoms with van der Waals surface area (Å²) in [6.07, 6.45) is 3.54. The molecule has 0 spiro atoms. The molecule has 0 atom stereocenters. The van der Waals surface area contributed by atoms with Gasteiger partial charge in [-0.1, -0.05) is 18.2 Å². The van der Waals surface area contributed by atoms with Crippen LogP contribution in [0, 0.1) is 0 Å². The number of rotatable bonds is 2. The van der Waals surface area contributed by atoms with Gasteiger partial charge in [-0.3, -0.25) is 9.78 Å². The number of hydrogen-bond acceptors (Lipinski definition) is 2. The molecule has 3 nitrogen and oxygen atoms in total. The third-order valence-electron chi connectivity index (χ3n) is 2.18. The molecule has 0 fully saturated rings. The van der Waals surface area contributed by atoms with E-state index in [0.29, 0.717) is 0 Å². The first kappa shape index (κ1) is 10.4. The van der Waals surface area contributed by atoms with Crippen molar-refractivity contribution in [3.8, 4) is 11.1 Å². The summed E-state index contributed by atoms with van der Waals surface area (Å²) in [5.41, 5.74) is 2.88. The third kappa shape index (κ3) is 2.45. The number of carbonyl (C=O) groups is 1. The van der Waals surface area contributed by atoms with Crippen LogP contribution >= 0.6 is 0 Å². The highest BCUT2D eigenvalue weighted by atomic mass is 16.1. The largest absolute Gasteiger partial charge is 0.326 e. The molecule has 0 aliphatic rings. The van der Waals surface area contributed by atoms with E-state index in [9.17, 15) is 4.79 Å². The second kappa shape index (κ2) is 4.57. The van der Waals surface area contributed by atoms with Gasteiger partial charge in [0.1, 0.15) is 0 Å². The number of nitrogens with zero attached hydrogens (tertiary/aromatic N) is 1. The molecule has 1 N–H and O–H groups in total. The summed E-state index contributed by atoms with van der Waals surface area (Å²) in [6, 6.07) is 11.6. The van der Waals surface area contributed by atoms with Crippen molar-refractivity contribution in [2.75, 3.05) is 5.32 Å². The van der Waals surface area contributed by atoms with Crippen molar-refractivity contribution >= 4 is 11.6 Å². The highest BCUT2D eigenvalue weighted by molar-refractivity contribution is 5.89. The molecule has 3 heteroatoms. The average molecular weight is 212 g/mol. The van der Waals surface area contributed by atoms with Gasteiger partial charge in [0.25, 0.3) is 0 Å². The van der Waals surface area contributed by atoms with Crippen LogP contribution in [-0.4, -0.2) is 10.9 Å². The predicted molar refractivity (Wildman–Crippen MR) is 64.0 cm³/mol. The molecule has 0 saturated heterocycles. The molecule has 1 heterocycles. The van der Waals surface area contributed by atoms with Crippen molar-refractivity contribution in [2.45, 2.75) is 6.92 Å². The zero-order valence-corrected chi connectivity index (χ0v) is 8.97. The Morgan fingerprint density at radius 3 is 2.69 bits per heavy atom. The topological polar surface area (TPSA) is 42.0 Å². The maximum absolute atomic E-state index is 10.9. The molecule has 0 radical (unpaired) electrons. The van der Waals surface area contributed by atoms with Crippen LogP contribution in [0.3, 0.4) is 0 Å². The van der Waals surface area contributed by atoms with E-state index >= 15 is 0 Å². The van der Waals surface area contributed by atoms with E-state index < -0.39 is 0 Å². The van der Waals surface area contributed by atoms with Gasteiger partial charge in [-0.25, -0.2) is 0 Å². The van der Waals surface area contributed by atoms with Crippen molar-refractivity contribution in [1.82, 2.24) is 4.98 Å². The highest BCUT2D eigenvalue weighted by Crippen LogP contribution is 2.21. The van der Waals surface area contributed by atoms with Crippen molar-refractivity contribution in [1.29, 1.82) is 0 Å². The van der Waals surface area contributed by atoms with Gasteiger partial charge in [-0.05, 0) is 23.8 Å². The number of benzene rings is 1. The predicted octanol–water partition coefficient (Wildman–Crippen LogP) is 2.71. The Labute approximate surface area is 94.1 Å². The summed E-state index contributed by atoms with van der Waals surface area (Å²) in [6.45, 7) is 1.50. The van der Waals surface area contributed by atoms with Crippen molar-refractivity contribution in [2.24, 2.45) is 0 Å². The van der Waals surface area contributed by atoms with E-state index in [-0.39, 0.29) is 5.91 Å². The van der Waals surface area contributed by atoms with Crippen LogP contribution in [0.1, 0.15) is 6.92 Å². The van der Waals surface area contributed by atoms with Gasteiger partial charge in [0.2, 0.25) is 5.91 Å². The Hall–Kier alpha value is -2.16. The van der Waals surface area contributed by atoms with Crippen LogP contribution in [-0.2, 0) is 4.79 Å². The number of nitrogens with one attached hydrogen (secondary N) is 1. The fourth-order valence-electron chi connectivity index (χ4n) is 1.51. The van der Waals surface area contributed by atoms with Crippen molar-refractivity contribution in [3.05, 3.63) is 48.8 Å². The van der Waals surface area contributed by atoms with Crippen molar-refractivity contribution < 1.29 is 4.79 Å². The monoisotopic (exact) mass is 212 g/mol. The molecule has 2 aromatic rings. The Kier molecular flexibility index (Phi) is 2.96. The molecule has 1 aromatic heterocycles. The lowest BCUT2D eigenvalue weighted by Crippen LogP contribution is -2.05. The standard InChI is InChI=1S/C13H12N2O/c1-10(16)15-13-6-2-4-11(8-13)12-5-3-7-14-9-12/h2-9H,1H3,(H,15,16). The van der Waals surface area contributed by atoms with Gasteiger partial charge >= 0.3 is 0 Å². The number of anilines is 1. The summed E-state index contributed by atoms with van der Waals surface area (Å²) >= 11 is 0. The fourth-order valence-corrected chi connectivity index (χ4v) is 1.51. The summed E-state index contributed by atoms with van der Waals surface area (Å²) in [4.78, 5) is 15.0. The lowest BCUT2D eigenvalue weighted by atomic mass is 10.1. The van der Waals surface area contributed by atoms with Gasteiger partial charge in [0, 0.05) is 30.6 Å². The second-order valence-corrected chi connectivity index (χ2v) is 3.50. The SMILES string of the molecule is CC(=O)Nc1cccc(-c2cccnc2)c1. The zero-order valence-electron chi connectivity index (χ0n) is 8.97. The summed E-state index contributed by atoms with van der Waals surface area (Å²) in [5, 5.41) is 2.76. The first-order valence-electron chi connectivity index (χ1n) is 5.04. The van der Waals surface area contributed by atoms with Gasteiger partial charge < -0.3 is 5.32 Å². The van der Waals surface area contributed by atoms with E-state index in [1.165, 1.54) is 6.92 Å². The molecule has 0 unspecified atom stereocenters. The van der Waals surface area contributed by atoms with E-state index in [4.69, 9.17) is 0 Å². The summed E-state index contributed by atoms with van der Waals surface area (Å²) in [7, 11) is 0. The summed E-state index contributed by atoms with van der Waals surface area (Å²) < 4.78 is 0. The first-order chi connectivity index (χ1) is 7.75. The number of aromatic nitrogens is 1. The number of amides is 1. The fraction of sp³-hybridized carbons (Fsp3) is 0.0769. The quantitative estimate of drug-likeness (QED) is 0.831. The average Bonchev–Trinajstić information content (AvgIpc) is 2.30. The molecule has 16 heavy (non-hydrogen) atoms. The van der Waals surface area contributed by atoms with Crippen LogP contribution in [0.2, 0.25) is 0 Å². The maximum atomic E-state index is 10.9. The molecule has 0 aliphatic heterocycles. The number of hydrogen-bond donors (Lipinski definition) is 1. The highest BCUT2D eigenvalue weighted by Gasteiger charge is 1.99. The maximum Gasteiger partial charge on any atom is 0.221 e. The molecule has 80 valence electrons. The molecule has 2 rings (SSSR count).